The molecule has 7 N–H and O–H groups in total. The lowest BCUT2D eigenvalue weighted by Gasteiger charge is -2.32. The second-order valence-electron chi connectivity index (χ2n) is 24.7. The van der Waals surface area contributed by atoms with Crippen LogP contribution in [0.1, 0.15) is 245 Å². The number of carboxylic acids is 5. The maximum atomic E-state index is 13.9. The smallest absolute Gasteiger partial charge is 0.407 e. The average molecular weight is 1350 g/mol. The Hall–Kier alpha value is -5.70. The Morgan fingerprint density at radius 3 is 1.18 bits per heavy atom. The summed E-state index contributed by atoms with van der Waals surface area (Å²) in [5.74, 6) is -8.90. The molecule has 0 aliphatic rings. The molecule has 0 heterocycles. The highest BCUT2D eigenvalue weighted by molar-refractivity contribution is 5.80. The highest BCUT2D eigenvalue weighted by Crippen LogP contribution is 2.25. The van der Waals surface area contributed by atoms with E-state index in [9.17, 15) is 73.5 Å². The molecule has 94 heavy (non-hydrogen) atoms. The molecule has 1 unspecified atom stereocenters. The summed E-state index contributed by atoms with van der Waals surface area (Å²) in [5.41, 5.74) is -1.75. The minimum Gasteiger partial charge on any atom is -0.480 e. The molecule has 0 aromatic rings. The largest absolute Gasteiger partial charge is 0.480 e. The van der Waals surface area contributed by atoms with Crippen molar-refractivity contribution in [3.8, 4) is 0 Å². The maximum Gasteiger partial charge on any atom is 0.407 e. The Balaban J connectivity index is 5.00. The van der Waals surface area contributed by atoms with Crippen LogP contribution in [-0.4, -0.2) is 224 Å². The van der Waals surface area contributed by atoms with E-state index in [0.29, 0.717) is 58.4 Å². The van der Waals surface area contributed by atoms with Crippen molar-refractivity contribution in [2.45, 2.75) is 252 Å². The van der Waals surface area contributed by atoms with Gasteiger partial charge in [0.2, 0.25) is 0 Å². The normalized spacial score (nSPS) is 11.8. The van der Waals surface area contributed by atoms with E-state index in [2.05, 4.69) is 24.5 Å². The van der Waals surface area contributed by atoms with Crippen LogP contribution in [0.2, 0.25) is 0 Å². The van der Waals surface area contributed by atoms with Crippen LogP contribution >= 0.6 is 0 Å². The van der Waals surface area contributed by atoms with Gasteiger partial charge in [0.25, 0.3) is 0 Å². The van der Waals surface area contributed by atoms with E-state index < -0.39 is 117 Å². The maximum absolute atomic E-state index is 13.9. The number of alkyl carbamates (subject to hydrolysis) is 1. The first-order valence-electron chi connectivity index (χ1n) is 35.3. The molecule has 0 aliphatic carbocycles. The summed E-state index contributed by atoms with van der Waals surface area (Å²) in [6.45, 7) is 2.98. The van der Waals surface area contributed by atoms with Crippen molar-refractivity contribution < 1.29 is 102 Å². The number of esters is 4. The topological polar surface area (TPSA) is 361 Å². The molecule has 1 amide bonds. The Bertz CT molecular complexity index is 1920. The van der Waals surface area contributed by atoms with Crippen molar-refractivity contribution in [1.29, 1.82) is 0 Å². The zero-order valence-corrected chi connectivity index (χ0v) is 57.7. The van der Waals surface area contributed by atoms with Crippen LogP contribution in [0, 0.1) is 5.41 Å². The molecular formula is C68H123N5O21. The number of unbranched alkanes of at least 4 members (excludes halogenated alkanes) is 28. The van der Waals surface area contributed by atoms with Crippen LogP contribution in [0.25, 0.3) is 0 Å². The lowest BCUT2D eigenvalue weighted by molar-refractivity contribution is -0.179. The minimum absolute atomic E-state index is 0.0371. The van der Waals surface area contributed by atoms with Crippen LogP contribution in [0.3, 0.4) is 0 Å². The van der Waals surface area contributed by atoms with Gasteiger partial charge in [0.05, 0.1) is 39.4 Å². The van der Waals surface area contributed by atoms with E-state index in [0.717, 1.165) is 61.2 Å². The number of rotatable bonds is 69. The van der Waals surface area contributed by atoms with E-state index in [1.807, 2.05) is 0 Å². The third kappa shape index (κ3) is 54.5. The monoisotopic (exact) mass is 1350 g/mol. The lowest BCUT2D eigenvalue weighted by atomic mass is 9.91. The number of ether oxygens (including phenoxy) is 6. The molecule has 0 saturated heterocycles. The van der Waals surface area contributed by atoms with Crippen molar-refractivity contribution >= 4 is 59.8 Å². The predicted molar refractivity (Wildman–Crippen MR) is 354 cm³/mol. The van der Waals surface area contributed by atoms with E-state index in [4.69, 9.17) is 28.4 Å². The zero-order chi connectivity index (χ0) is 69.7. The van der Waals surface area contributed by atoms with Crippen molar-refractivity contribution in [1.82, 2.24) is 25.3 Å². The third-order valence-corrected chi connectivity index (χ3v) is 16.1. The molecule has 0 spiro atoms. The van der Waals surface area contributed by atoms with Gasteiger partial charge in [-0.05, 0) is 51.4 Å². The van der Waals surface area contributed by atoms with Crippen molar-refractivity contribution in [3.63, 3.8) is 0 Å². The molecule has 0 aliphatic heterocycles. The molecule has 0 radical (unpaired) electrons. The predicted octanol–water partition coefficient (Wildman–Crippen LogP) is 9.89. The molecule has 0 rings (SSSR count). The second-order valence-corrected chi connectivity index (χ2v) is 24.7. The third-order valence-electron chi connectivity index (χ3n) is 16.1. The molecule has 546 valence electrons. The first-order chi connectivity index (χ1) is 45.2. The second kappa shape index (κ2) is 60.9. The number of carbonyl (C=O) groups excluding carboxylic acids is 5. The van der Waals surface area contributed by atoms with Crippen LogP contribution in [0.5, 0.6) is 0 Å². The number of carboxylic acid groups (broad SMARTS) is 5. The van der Waals surface area contributed by atoms with Gasteiger partial charge >= 0.3 is 59.8 Å². The number of carbonyl (C=O) groups is 10. The molecule has 0 bridgehead atoms. The Kier molecular flexibility index (Phi) is 57.2. The van der Waals surface area contributed by atoms with Gasteiger partial charge < -0.3 is 64.6 Å². The number of nitrogens with zero attached hydrogens (tertiary/aromatic N) is 3. The zero-order valence-electron chi connectivity index (χ0n) is 57.7. The fraction of sp³-hybridized carbons (Fsp3) is 0.853. The summed E-state index contributed by atoms with van der Waals surface area (Å²) in [5, 5.41) is 52.9. The van der Waals surface area contributed by atoms with E-state index in [1.54, 1.807) is 0 Å². The molecule has 0 saturated carbocycles. The highest BCUT2D eigenvalue weighted by atomic mass is 16.6. The number of hydrogen-bond acceptors (Lipinski definition) is 20. The van der Waals surface area contributed by atoms with Crippen molar-refractivity contribution in [2.75, 3.05) is 118 Å². The van der Waals surface area contributed by atoms with Gasteiger partial charge in [0, 0.05) is 72.2 Å². The number of nitrogens with one attached hydrogen (secondary N) is 2. The van der Waals surface area contributed by atoms with Gasteiger partial charge in [-0.3, -0.25) is 57.9 Å². The van der Waals surface area contributed by atoms with E-state index in [1.165, 1.54) is 127 Å². The van der Waals surface area contributed by atoms with E-state index >= 15 is 0 Å². The first-order valence-corrected chi connectivity index (χ1v) is 35.3. The van der Waals surface area contributed by atoms with E-state index in [-0.39, 0.29) is 71.6 Å². The minimum atomic E-state index is -1.75. The number of amides is 1. The van der Waals surface area contributed by atoms with Gasteiger partial charge in [-0.25, -0.2) is 4.79 Å². The first kappa shape index (κ1) is 88.3. The van der Waals surface area contributed by atoms with Gasteiger partial charge in [-0.15, -0.1) is 0 Å². The Morgan fingerprint density at radius 2 is 0.777 bits per heavy atom. The SMILES string of the molecule is CCCCCCCCCCCCCCCC(=O)OCC(COC(C)=O)(COC(=O)CCCCCCCCCCCCCCC)C(=O)OCCCCCCOCCNCCOC(=O)NCCCCC(C(=O)O)N(CCN(CC(=O)O)CC(=O)O)CCN(CC(=O)O)CC(=O)O. The van der Waals surface area contributed by atoms with Gasteiger partial charge in [0.15, 0.2) is 5.41 Å². The summed E-state index contributed by atoms with van der Waals surface area (Å²) < 4.78 is 33.4. The lowest BCUT2D eigenvalue weighted by Crippen LogP contribution is -2.50. The molecule has 0 aromatic heterocycles. The Morgan fingerprint density at radius 1 is 0.394 bits per heavy atom. The summed E-state index contributed by atoms with van der Waals surface area (Å²) in [6, 6.07) is -1.19. The van der Waals surface area contributed by atoms with Gasteiger partial charge in [-0.2, -0.15) is 0 Å². The molecule has 1 atom stereocenters. The fourth-order valence-corrected chi connectivity index (χ4v) is 10.6. The number of hydrogen-bond donors (Lipinski definition) is 7. The molecule has 26 heteroatoms. The summed E-state index contributed by atoms with van der Waals surface area (Å²) in [7, 11) is 0. The van der Waals surface area contributed by atoms with Crippen LogP contribution < -0.4 is 10.6 Å². The quantitative estimate of drug-likeness (QED) is 0.0169. The Labute approximate surface area is 560 Å². The molecule has 0 aromatic carbocycles. The summed E-state index contributed by atoms with van der Waals surface area (Å²) in [6.07, 6.45) is 33.3. The standard InChI is InChI=1S/C68H123N5O21/c1-4-6-8-10-12-14-16-18-20-22-24-26-30-37-63(83)93-55-68(54-92-57(3)74,56-94-64(84)38-31-27-25-23-21-19-17-15-13-11-9-7-5-2)66(87)90-47-35-29-28-34-46-89-48-40-69-41-49-91-67(88)70-39-33-32-36-58(65(85)86)73(44-42-71(50-59(75)76)51-60(77)78)45-43-72(52-61(79)80)53-62(81)82/h58,69H,4-56H2,1-3H3,(H,70,88)(H,75,76)(H,77,78)(H,79,80)(H,81,82)(H,85,86). The van der Waals surface area contributed by atoms with Crippen molar-refractivity contribution in [3.05, 3.63) is 0 Å². The van der Waals surface area contributed by atoms with Crippen LogP contribution in [0.4, 0.5) is 4.79 Å². The van der Waals surface area contributed by atoms with Gasteiger partial charge in [-0.1, -0.05) is 174 Å². The van der Waals surface area contributed by atoms with Gasteiger partial charge in [0.1, 0.15) is 32.5 Å². The molecule has 0 fully saturated rings. The average Bonchev–Trinajstić information content (AvgIpc) is 0.842. The molecule has 26 nitrogen and oxygen atoms in total. The summed E-state index contributed by atoms with van der Waals surface area (Å²) >= 11 is 0. The number of aliphatic carboxylic acids is 5. The highest BCUT2D eigenvalue weighted by Gasteiger charge is 2.45. The molecular weight excluding hydrogens is 1220 g/mol. The fourth-order valence-electron chi connectivity index (χ4n) is 10.6. The summed E-state index contributed by atoms with van der Waals surface area (Å²) in [4.78, 5) is 126. The van der Waals surface area contributed by atoms with Crippen LogP contribution in [-0.2, 0) is 71.6 Å². The van der Waals surface area contributed by atoms with Crippen LogP contribution in [0.15, 0.2) is 0 Å². The van der Waals surface area contributed by atoms with Crippen molar-refractivity contribution in [2.24, 2.45) is 5.41 Å².